The molecule has 0 saturated carbocycles. The molecule has 0 aromatic rings. The summed E-state index contributed by atoms with van der Waals surface area (Å²) in [5, 5.41) is 10.7. The maximum atomic E-state index is 13.1. The molecule has 0 aliphatic carbocycles. The molecular weight excluding hydrogens is 1370 g/mol. The SMILES string of the molecule is CCC(C)CCCCCCCCC(=O)OC[C@H](COP(=O)(O)OC[C@H](O)COP(=O)(O)OC[C@@H](COC(=O)CCCCCCCCCCCCCCCCCCCCC(C)C)OC(=O)CCCCCCCCCCCCC(C)C)OC(=O)CCCCCCCCCCCCCCCCCCCCC(C)C. The van der Waals surface area contributed by atoms with Gasteiger partial charge in [0.25, 0.3) is 0 Å². The van der Waals surface area contributed by atoms with Crippen LogP contribution in [-0.4, -0.2) is 96.7 Å². The molecule has 0 fully saturated rings. The van der Waals surface area contributed by atoms with Crippen molar-refractivity contribution in [3.8, 4) is 0 Å². The van der Waals surface area contributed by atoms with E-state index in [1.165, 1.54) is 244 Å². The highest BCUT2D eigenvalue weighted by Gasteiger charge is 2.31. The van der Waals surface area contributed by atoms with Crippen molar-refractivity contribution in [3.05, 3.63) is 0 Å². The topological polar surface area (TPSA) is 237 Å². The third-order valence-corrected chi connectivity index (χ3v) is 22.3. The number of aliphatic hydroxyl groups excluding tert-OH is 1. The molecule has 6 atom stereocenters. The predicted molar refractivity (Wildman–Crippen MR) is 432 cm³/mol. The van der Waals surface area contributed by atoms with E-state index in [9.17, 15) is 43.2 Å². The highest BCUT2D eigenvalue weighted by atomic mass is 31.2. The second-order valence-corrected chi connectivity index (χ2v) is 35.5. The Morgan fingerprint density at radius 1 is 0.267 bits per heavy atom. The van der Waals surface area contributed by atoms with E-state index >= 15 is 0 Å². The maximum absolute atomic E-state index is 13.1. The molecule has 17 nitrogen and oxygen atoms in total. The normalized spacial score (nSPS) is 14.2. The van der Waals surface area contributed by atoms with Gasteiger partial charge >= 0.3 is 39.5 Å². The molecule has 0 saturated heterocycles. The molecule has 0 bridgehead atoms. The first-order valence-electron chi connectivity index (χ1n) is 44.2. The molecule has 0 aromatic heterocycles. The quantitative estimate of drug-likeness (QED) is 0.0222. The molecule has 3 unspecified atom stereocenters. The number of hydrogen-bond acceptors (Lipinski definition) is 15. The fraction of sp³-hybridized carbons (Fsp3) is 0.953. The molecule has 0 radical (unpaired) electrons. The van der Waals surface area contributed by atoms with Gasteiger partial charge in [-0.25, -0.2) is 9.13 Å². The lowest BCUT2D eigenvalue weighted by atomic mass is 10.00. The van der Waals surface area contributed by atoms with Gasteiger partial charge in [0.05, 0.1) is 26.4 Å². The summed E-state index contributed by atoms with van der Waals surface area (Å²) in [6.07, 6.45) is 64.1. The number of ether oxygens (including phenoxy) is 4. The molecule has 3 N–H and O–H groups in total. The molecule has 0 aliphatic rings. The number of esters is 4. The van der Waals surface area contributed by atoms with Gasteiger partial charge in [0, 0.05) is 25.7 Å². The van der Waals surface area contributed by atoms with Crippen LogP contribution in [0.25, 0.3) is 0 Å². The third kappa shape index (κ3) is 78.5. The minimum atomic E-state index is -4.96. The van der Waals surface area contributed by atoms with Crippen LogP contribution in [0.2, 0.25) is 0 Å². The van der Waals surface area contributed by atoms with Crippen LogP contribution >= 0.6 is 15.6 Å². The molecule has 0 heterocycles. The number of phosphoric ester groups is 2. The summed E-state index contributed by atoms with van der Waals surface area (Å²) < 4.78 is 68.8. The minimum Gasteiger partial charge on any atom is -0.462 e. The Balaban J connectivity index is 5.17. The molecule has 624 valence electrons. The van der Waals surface area contributed by atoms with Crippen molar-refractivity contribution >= 4 is 39.5 Å². The highest BCUT2D eigenvalue weighted by molar-refractivity contribution is 7.47. The lowest BCUT2D eigenvalue weighted by Gasteiger charge is -2.21. The first-order valence-corrected chi connectivity index (χ1v) is 47.2. The van der Waals surface area contributed by atoms with Gasteiger partial charge in [0.2, 0.25) is 0 Å². The highest BCUT2D eigenvalue weighted by Crippen LogP contribution is 2.45. The fourth-order valence-corrected chi connectivity index (χ4v) is 14.9. The van der Waals surface area contributed by atoms with Crippen LogP contribution in [0.1, 0.15) is 447 Å². The zero-order chi connectivity index (χ0) is 77.4. The standard InChI is InChI=1S/C86H168O17P2/c1-9-79(8)65-57-49-44-45-51-59-67-84(89)97-73-82(103-85(90)68-60-52-42-36-29-25-21-17-13-11-15-19-23-27-33-39-47-55-63-77(4)5)75-101-105(94,95)99-71-80(87)70-98-104(92,93)100-74-81(102-86(91)69-61-53-43-37-31-30-34-40-48-56-64-78(6)7)72-96-83(88)66-58-50-41-35-28-24-20-16-12-10-14-18-22-26-32-38-46-54-62-76(2)3/h76-82,87H,9-75H2,1-8H3,(H,92,93)(H,94,95)/t79?,80-,81-,82-/m1/s1. The van der Waals surface area contributed by atoms with Gasteiger partial charge in [-0.05, 0) is 49.4 Å². The lowest BCUT2D eigenvalue weighted by molar-refractivity contribution is -0.161. The van der Waals surface area contributed by atoms with Crippen molar-refractivity contribution in [1.29, 1.82) is 0 Å². The van der Waals surface area contributed by atoms with Gasteiger partial charge in [-0.3, -0.25) is 37.3 Å². The number of unbranched alkanes of at least 4 members (excludes halogenated alkanes) is 48. The first kappa shape index (κ1) is 103. The Hall–Kier alpha value is -1.94. The second kappa shape index (κ2) is 74.8. The van der Waals surface area contributed by atoms with Gasteiger partial charge < -0.3 is 33.8 Å². The largest absolute Gasteiger partial charge is 0.472 e. The Morgan fingerprint density at radius 3 is 0.676 bits per heavy atom. The Labute approximate surface area is 645 Å². The van der Waals surface area contributed by atoms with E-state index in [-0.39, 0.29) is 25.7 Å². The summed E-state index contributed by atoms with van der Waals surface area (Å²) in [5.74, 6) is 1.02. The Morgan fingerprint density at radius 2 is 0.457 bits per heavy atom. The summed E-state index contributed by atoms with van der Waals surface area (Å²) >= 11 is 0. The molecule has 0 amide bonds. The number of phosphoric acid groups is 2. The summed E-state index contributed by atoms with van der Waals surface area (Å²) in [4.78, 5) is 73.2. The molecule has 105 heavy (non-hydrogen) atoms. The average Bonchev–Trinajstić information content (AvgIpc) is 0.910. The fourth-order valence-electron chi connectivity index (χ4n) is 13.3. The van der Waals surface area contributed by atoms with Gasteiger partial charge in [0.1, 0.15) is 19.3 Å². The monoisotopic (exact) mass is 1540 g/mol. The van der Waals surface area contributed by atoms with E-state index in [1.807, 2.05) is 0 Å². The van der Waals surface area contributed by atoms with Gasteiger partial charge in [0.15, 0.2) is 12.2 Å². The second-order valence-electron chi connectivity index (χ2n) is 32.6. The van der Waals surface area contributed by atoms with Crippen molar-refractivity contribution in [3.63, 3.8) is 0 Å². The Kier molecular flexibility index (Phi) is 73.4. The average molecular weight is 1540 g/mol. The van der Waals surface area contributed by atoms with Crippen molar-refractivity contribution in [2.45, 2.75) is 465 Å². The van der Waals surface area contributed by atoms with Crippen molar-refractivity contribution in [1.82, 2.24) is 0 Å². The predicted octanol–water partition coefficient (Wildman–Crippen LogP) is 25.9. The van der Waals surface area contributed by atoms with Crippen molar-refractivity contribution in [2.75, 3.05) is 39.6 Å². The van der Waals surface area contributed by atoms with Crippen LogP contribution in [0.3, 0.4) is 0 Å². The van der Waals surface area contributed by atoms with E-state index in [4.69, 9.17) is 37.0 Å². The van der Waals surface area contributed by atoms with Crippen LogP contribution in [0.5, 0.6) is 0 Å². The summed E-state index contributed by atoms with van der Waals surface area (Å²) in [5.41, 5.74) is 0. The number of rotatable bonds is 83. The maximum Gasteiger partial charge on any atom is 0.472 e. The number of carbonyl (C=O) groups is 4. The van der Waals surface area contributed by atoms with E-state index in [2.05, 4.69) is 55.4 Å². The molecule has 0 rings (SSSR count). The summed E-state index contributed by atoms with van der Waals surface area (Å²) in [6.45, 7) is 14.3. The zero-order valence-electron chi connectivity index (χ0n) is 69.4. The smallest absolute Gasteiger partial charge is 0.462 e. The van der Waals surface area contributed by atoms with Crippen LogP contribution in [0.15, 0.2) is 0 Å². The zero-order valence-corrected chi connectivity index (χ0v) is 71.2. The molecule has 0 spiro atoms. The molecular formula is C86H168O17P2. The van der Waals surface area contributed by atoms with Gasteiger partial charge in [-0.2, -0.15) is 0 Å². The van der Waals surface area contributed by atoms with E-state index in [0.29, 0.717) is 25.7 Å². The van der Waals surface area contributed by atoms with Crippen LogP contribution < -0.4 is 0 Å². The van der Waals surface area contributed by atoms with Gasteiger partial charge in [-0.1, -0.05) is 396 Å². The molecule has 0 aliphatic heterocycles. The number of carbonyl (C=O) groups excluding carboxylic acids is 4. The number of aliphatic hydroxyl groups is 1. The number of hydrogen-bond donors (Lipinski definition) is 3. The summed E-state index contributed by atoms with van der Waals surface area (Å²) in [7, 11) is -9.93. The molecule has 19 heteroatoms. The third-order valence-electron chi connectivity index (χ3n) is 20.4. The van der Waals surface area contributed by atoms with Crippen LogP contribution in [-0.2, 0) is 65.4 Å². The first-order chi connectivity index (χ1) is 50.6. The molecule has 0 aromatic carbocycles. The van der Waals surface area contributed by atoms with E-state index in [1.54, 1.807) is 0 Å². The Bertz CT molecular complexity index is 2040. The lowest BCUT2D eigenvalue weighted by Crippen LogP contribution is -2.30. The van der Waals surface area contributed by atoms with Crippen LogP contribution in [0.4, 0.5) is 0 Å². The van der Waals surface area contributed by atoms with Crippen molar-refractivity contribution in [2.24, 2.45) is 23.7 Å². The van der Waals surface area contributed by atoms with E-state index in [0.717, 1.165) is 120 Å². The van der Waals surface area contributed by atoms with Gasteiger partial charge in [-0.15, -0.1) is 0 Å². The summed E-state index contributed by atoms with van der Waals surface area (Å²) in [6, 6.07) is 0. The van der Waals surface area contributed by atoms with Crippen LogP contribution in [0, 0.1) is 23.7 Å². The minimum absolute atomic E-state index is 0.106. The van der Waals surface area contributed by atoms with Crippen molar-refractivity contribution < 1.29 is 80.2 Å². The van der Waals surface area contributed by atoms with E-state index < -0.39 is 97.5 Å².